The maximum absolute atomic E-state index is 12.8. The molecule has 3 saturated heterocycles. The molecule has 3 aliphatic heterocycles. The van der Waals surface area contributed by atoms with E-state index in [0.29, 0.717) is 12.0 Å². The third-order valence-corrected chi connectivity index (χ3v) is 6.23. The number of rotatable bonds is 3. The Kier molecular flexibility index (Phi) is 5.88. The van der Waals surface area contributed by atoms with Gasteiger partial charge in [-0.2, -0.15) is 0 Å². The Morgan fingerprint density at radius 3 is 2.38 bits per heavy atom. The Balaban J connectivity index is 1.31. The van der Waals surface area contributed by atoms with Crippen LogP contribution in [-0.2, 0) is 4.74 Å². The molecule has 1 aromatic carbocycles. The maximum Gasteiger partial charge on any atom is 0.253 e. The van der Waals surface area contributed by atoms with Gasteiger partial charge in [-0.05, 0) is 55.8 Å². The van der Waals surface area contributed by atoms with E-state index >= 15 is 0 Å². The number of carbonyl (C=O) groups excluding carboxylic acids is 1. The molecule has 1 aromatic rings. The fraction of sp³-hybridized carbons (Fsp3) is 0.667. The number of piperidine rings is 1. The van der Waals surface area contributed by atoms with Gasteiger partial charge >= 0.3 is 0 Å². The Labute approximate surface area is 156 Å². The van der Waals surface area contributed by atoms with Crippen LogP contribution in [0.25, 0.3) is 0 Å². The number of nitrogens with one attached hydrogen (secondary N) is 1. The molecule has 1 amide bonds. The van der Waals surface area contributed by atoms with Gasteiger partial charge in [-0.25, -0.2) is 0 Å². The van der Waals surface area contributed by atoms with Gasteiger partial charge in [-0.3, -0.25) is 9.69 Å². The number of amides is 1. The van der Waals surface area contributed by atoms with Crippen LogP contribution in [0.5, 0.6) is 0 Å². The van der Waals surface area contributed by atoms with Crippen molar-refractivity contribution in [3.8, 4) is 0 Å². The van der Waals surface area contributed by atoms with E-state index in [-0.39, 0.29) is 5.91 Å². The van der Waals surface area contributed by atoms with Gasteiger partial charge in [0.25, 0.3) is 5.91 Å². The molecule has 5 heteroatoms. The predicted molar refractivity (Wildman–Crippen MR) is 103 cm³/mol. The summed E-state index contributed by atoms with van der Waals surface area (Å²) in [5.41, 5.74) is 2.19. The lowest BCUT2D eigenvalue weighted by molar-refractivity contribution is 0.0137. The third-order valence-electron chi connectivity index (χ3n) is 6.23. The molecule has 0 aromatic heterocycles. The summed E-state index contributed by atoms with van der Waals surface area (Å²) >= 11 is 0. The largest absolute Gasteiger partial charge is 0.381 e. The van der Waals surface area contributed by atoms with Crippen LogP contribution in [0, 0.1) is 0 Å². The average Bonchev–Trinajstić information content (AvgIpc) is 2.75. The van der Waals surface area contributed by atoms with Crippen LogP contribution in [0.3, 0.4) is 0 Å². The van der Waals surface area contributed by atoms with Crippen molar-refractivity contribution >= 4 is 5.91 Å². The highest BCUT2D eigenvalue weighted by atomic mass is 16.5. The first-order chi connectivity index (χ1) is 12.8. The Morgan fingerprint density at radius 1 is 1.00 bits per heavy atom. The number of hydrogen-bond acceptors (Lipinski definition) is 4. The quantitative estimate of drug-likeness (QED) is 0.900. The predicted octanol–water partition coefficient (Wildman–Crippen LogP) is 2.09. The number of nitrogens with zero attached hydrogens (tertiary/aromatic N) is 2. The average molecular weight is 357 g/mol. The molecule has 0 radical (unpaired) electrons. The van der Waals surface area contributed by atoms with Crippen LogP contribution in [0.2, 0.25) is 0 Å². The standard InChI is InChI=1S/C21H31N3O2/c25-21(18-5-3-17(4-6-18)19-2-1-9-22-16-19)24-12-10-23(11-13-24)20-7-14-26-15-8-20/h3-6,19-20,22H,1-2,7-16H2. The topological polar surface area (TPSA) is 44.8 Å². The molecule has 0 aliphatic carbocycles. The fourth-order valence-corrected chi connectivity index (χ4v) is 4.56. The van der Waals surface area contributed by atoms with E-state index in [4.69, 9.17) is 4.74 Å². The Morgan fingerprint density at radius 2 is 1.73 bits per heavy atom. The van der Waals surface area contributed by atoms with E-state index in [1.807, 2.05) is 17.0 Å². The zero-order valence-corrected chi connectivity index (χ0v) is 15.7. The van der Waals surface area contributed by atoms with Crippen LogP contribution in [0.15, 0.2) is 24.3 Å². The summed E-state index contributed by atoms with van der Waals surface area (Å²) in [6, 6.07) is 9.00. The molecule has 0 bridgehead atoms. The number of piperazine rings is 1. The van der Waals surface area contributed by atoms with Crippen LogP contribution < -0.4 is 5.32 Å². The molecule has 3 fully saturated rings. The van der Waals surface area contributed by atoms with Gasteiger partial charge in [0.05, 0.1) is 0 Å². The molecule has 26 heavy (non-hydrogen) atoms. The van der Waals surface area contributed by atoms with Crippen LogP contribution >= 0.6 is 0 Å². The zero-order chi connectivity index (χ0) is 17.8. The summed E-state index contributed by atoms with van der Waals surface area (Å²) in [4.78, 5) is 17.4. The summed E-state index contributed by atoms with van der Waals surface area (Å²) < 4.78 is 5.47. The molecule has 4 rings (SSSR count). The van der Waals surface area contributed by atoms with E-state index in [0.717, 1.165) is 70.9 Å². The van der Waals surface area contributed by atoms with E-state index in [1.165, 1.54) is 18.4 Å². The molecule has 1 atom stereocenters. The first kappa shape index (κ1) is 18.0. The van der Waals surface area contributed by atoms with Gasteiger partial charge in [0.1, 0.15) is 0 Å². The molecule has 5 nitrogen and oxygen atoms in total. The van der Waals surface area contributed by atoms with E-state index in [9.17, 15) is 4.79 Å². The van der Waals surface area contributed by atoms with Gasteiger partial charge in [0.2, 0.25) is 0 Å². The minimum atomic E-state index is 0.185. The highest BCUT2D eigenvalue weighted by molar-refractivity contribution is 5.94. The summed E-state index contributed by atoms with van der Waals surface area (Å²) in [7, 11) is 0. The van der Waals surface area contributed by atoms with E-state index < -0.39 is 0 Å². The SMILES string of the molecule is O=C(c1ccc(C2CCCNC2)cc1)N1CCN(C2CCOCC2)CC1. The van der Waals surface area contributed by atoms with Gasteiger partial charge in [-0.15, -0.1) is 0 Å². The molecule has 0 saturated carbocycles. The number of hydrogen-bond donors (Lipinski definition) is 1. The number of ether oxygens (including phenoxy) is 1. The fourth-order valence-electron chi connectivity index (χ4n) is 4.56. The maximum atomic E-state index is 12.8. The second-order valence-corrected chi connectivity index (χ2v) is 7.84. The minimum Gasteiger partial charge on any atom is -0.381 e. The normalized spacial score (nSPS) is 26.0. The minimum absolute atomic E-state index is 0.185. The molecule has 1 unspecified atom stereocenters. The number of carbonyl (C=O) groups is 1. The van der Waals surface area contributed by atoms with Crippen LogP contribution in [0.1, 0.15) is 47.5 Å². The first-order valence-corrected chi connectivity index (χ1v) is 10.2. The second-order valence-electron chi connectivity index (χ2n) is 7.84. The number of benzene rings is 1. The van der Waals surface area contributed by atoms with Gasteiger partial charge in [-0.1, -0.05) is 12.1 Å². The summed E-state index contributed by atoms with van der Waals surface area (Å²) in [6.07, 6.45) is 4.74. The molecular formula is C21H31N3O2. The summed E-state index contributed by atoms with van der Waals surface area (Å²) in [6.45, 7) is 7.60. The van der Waals surface area contributed by atoms with Crippen molar-refractivity contribution in [1.29, 1.82) is 0 Å². The van der Waals surface area contributed by atoms with Crippen molar-refractivity contribution < 1.29 is 9.53 Å². The lowest BCUT2D eigenvalue weighted by atomic mass is 9.91. The van der Waals surface area contributed by atoms with Crippen molar-refractivity contribution in [1.82, 2.24) is 15.1 Å². The first-order valence-electron chi connectivity index (χ1n) is 10.2. The second kappa shape index (κ2) is 8.51. The van der Waals surface area contributed by atoms with E-state index in [2.05, 4.69) is 22.3 Å². The third kappa shape index (κ3) is 4.11. The smallest absolute Gasteiger partial charge is 0.253 e. The van der Waals surface area contributed by atoms with Crippen molar-refractivity contribution in [2.24, 2.45) is 0 Å². The molecule has 3 aliphatic rings. The lowest BCUT2D eigenvalue weighted by Crippen LogP contribution is -2.53. The molecule has 0 spiro atoms. The van der Waals surface area contributed by atoms with Gasteiger partial charge in [0, 0.05) is 57.5 Å². The van der Waals surface area contributed by atoms with Crippen LogP contribution in [-0.4, -0.2) is 74.2 Å². The van der Waals surface area contributed by atoms with Gasteiger partial charge in [0.15, 0.2) is 0 Å². The Bertz CT molecular complexity index is 584. The lowest BCUT2D eigenvalue weighted by Gasteiger charge is -2.40. The zero-order valence-electron chi connectivity index (χ0n) is 15.7. The molecule has 142 valence electrons. The van der Waals surface area contributed by atoms with Crippen molar-refractivity contribution in [3.63, 3.8) is 0 Å². The molecular weight excluding hydrogens is 326 g/mol. The monoisotopic (exact) mass is 357 g/mol. The highest BCUT2D eigenvalue weighted by Gasteiger charge is 2.27. The van der Waals surface area contributed by atoms with Crippen molar-refractivity contribution in [2.45, 2.75) is 37.6 Å². The summed E-state index contributed by atoms with van der Waals surface area (Å²) in [5, 5.41) is 3.47. The molecule has 1 N–H and O–H groups in total. The van der Waals surface area contributed by atoms with E-state index in [1.54, 1.807) is 0 Å². The van der Waals surface area contributed by atoms with Gasteiger partial charge < -0.3 is 15.0 Å². The Hall–Kier alpha value is -1.43. The highest BCUT2D eigenvalue weighted by Crippen LogP contribution is 2.24. The van der Waals surface area contributed by atoms with Crippen molar-refractivity contribution in [3.05, 3.63) is 35.4 Å². The molecule has 3 heterocycles. The summed E-state index contributed by atoms with van der Waals surface area (Å²) in [5.74, 6) is 0.779. The van der Waals surface area contributed by atoms with Crippen LogP contribution in [0.4, 0.5) is 0 Å². The van der Waals surface area contributed by atoms with Crippen molar-refractivity contribution in [2.75, 3.05) is 52.5 Å².